The molecule has 2 heterocycles. The minimum absolute atomic E-state index is 0.524. The summed E-state index contributed by atoms with van der Waals surface area (Å²) in [6.45, 7) is 1.94. The van der Waals surface area contributed by atoms with Crippen LogP contribution in [0.4, 0.5) is 0 Å². The summed E-state index contributed by atoms with van der Waals surface area (Å²) in [6, 6.07) is 1.94. The van der Waals surface area contributed by atoms with E-state index in [9.17, 15) is 5.11 Å². The standard InChI is InChI=1S/C11H11Br3N2OS/c1-5-10(13)7(16(2)15-5)4-8(17)9-3-6(12)11(14)18-9/h3,8,17H,4H2,1-2H3. The average Bonchev–Trinajstić information content (AvgIpc) is 2.75. The lowest BCUT2D eigenvalue weighted by atomic mass is 10.1. The minimum atomic E-state index is -0.524. The number of rotatable bonds is 3. The molecule has 0 aliphatic rings. The zero-order valence-electron chi connectivity index (χ0n) is 9.75. The number of aliphatic hydroxyl groups is 1. The smallest absolute Gasteiger partial charge is 0.0938 e. The number of aliphatic hydroxyl groups excluding tert-OH is 1. The van der Waals surface area contributed by atoms with Gasteiger partial charge in [0.15, 0.2) is 0 Å². The lowest BCUT2D eigenvalue weighted by molar-refractivity contribution is 0.179. The predicted molar refractivity (Wildman–Crippen MR) is 84.0 cm³/mol. The largest absolute Gasteiger partial charge is 0.387 e. The van der Waals surface area contributed by atoms with E-state index in [1.165, 1.54) is 11.3 Å². The molecule has 0 saturated heterocycles. The van der Waals surface area contributed by atoms with E-state index in [-0.39, 0.29) is 0 Å². The SMILES string of the molecule is Cc1nn(C)c(CC(O)c2cc(Br)c(Br)s2)c1Br. The molecule has 1 unspecified atom stereocenters. The minimum Gasteiger partial charge on any atom is -0.387 e. The molecular weight excluding hydrogens is 448 g/mol. The first kappa shape index (κ1) is 14.7. The van der Waals surface area contributed by atoms with Gasteiger partial charge in [-0.3, -0.25) is 4.68 Å². The van der Waals surface area contributed by atoms with Crippen LogP contribution in [0.3, 0.4) is 0 Å². The van der Waals surface area contributed by atoms with Crippen LogP contribution in [0.2, 0.25) is 0 Å². The van der Waals surface area contributed by atoms with Gasteiger partial charge in [0, 0.05) is 22.8 Å². The average molecular weight is 459 g/mol. The molecule has 18 heavy (non-hydrogen) atoms. The fourth-order valence-corrected chi connectivity index (χ4v) is 4.29. The summed E-state index contributed by atoms with van der Waals surface area (Å²) in [6.07, 6.45) is 0.0147. The van der Waals surface area contributed by atoms with E-state index in [4.69, 9.17) is 0 Å². The predicted octanol–water partition coefficient (Wildman–Crippen LogP) is 4.35. The van der Waals surface area contributed by atoms with Gasteiger partial charge in [0.25, 0.3) is 0 Å². The van der Waals surface area contributed by atoms with Crippen LogP contribution in [-0.4, -0.2) is 14.9 Å². The molecule has 0 aliphatic heterocycles. The van der Waals surface area contributed by atoms with Crippen molar-refractivity contribution in [2.45, 2.75) is 19.4 Å². The highest BCUT2D eigenvalue weighted by Gasteiger charge is 2.18. The molecule has 0 spiro atoms. The van der Waals surface area contributed by atoms with Crippen molar-refractivity contribution in [3.63, 3.8) is 0 Å². The number of aromatic nitrogens is 2. The molecule has 7 heteroatoms. The summed E-state index contributed by atoms with van der Waals surface area (Å²) in [4.78, 5) is 0.930. The molecule has 1 atom stereocenters. The van der Waals surface area contributed by atoms with Crippen LogP contribution in [0.5, 0.6) is 0 Å². The molecule has 0 radical (unpaired) electrons. The molecule has 2 rings (SSSR count). The lowest BCUT2D eigenvalue weighted by Crippen LogP contribution is -2.05. The summed E-state index contributed by atoms with van der Waals surface area (Å²) in [5.41, 5.74) is 1.94. The second-order valence-electron chi connectivity index (χ2n) is 3.96. The maximum atomic E-state index is 10.3. The molecular formula is C11H11Br3N2OS. The number of aryl methyl sites for hydroxylation is 2. The van der Waals surface area contributed by atoms with Crippen molar-refractivity contribution in [2.24, 2.45) is 7.05 Å². The number of halogens is 3. The molecule has 0 amide bonds. The van der Waals surface area contributed by atoms with Crippen molar-refractivity contribution in [3.8, 4) is 0 Å². The quantitative estimate of drug-likeness (QED) is 0.742. The second-order valence-corrected chi connectivity index (χ2v) is 8.01. The van der Waals surface area contributed by atoms with Crippen molar-refractivity contribution in [1.82, 2.24) is 9.78 Å². The van der Waals surface area contributed by atoms with Gasteiger partial charge in [0.2, 0.25) is 0 Å². The van der Waals surface area contributed by atoms with Crippen molar-refractivity contribution >= 4 is 59.1 Å². The number of hydrogen-bond acceptors (Lipinski definition) is 3. The van der Waals surface area contributed by atoms with Crippen LogP contribution in [0.1, 0.15) is 22.4 Å². The molecule has 0 aliphatic carbocycles. The number of nitrogens with zero attached hydrogens (tertiary/aromatic N) is 2. The van der Waals surface area contributed by atoms with Crippen LogP contribution < -0.4 is 0 Å². The van der Waals surface area contributed by atoms with Gasteiger partial charge >= 0.3 is 0 Å². The van der Waals surface area contributed by atoms with E-state index in [0.29, 0.717) is 6.42 Å². The Bertz CT molecular complexity index is 560. The van der Waals surface area contributed by atoms with Crippen molar-refractivity contribution in [1.29, 1.82) is 0 Å². The Kier molecular flexibility index (Phi) is 4.70. The summed E-state index contributed by atoms with van der Waals surface area (Å²) in [5, 5.41) is 14.6. The number of hydrogen-bond donors (Lipinski definition) is 1. The molecule has 3 nitrogen and oxygen atoms in total. The Hall–Kier alpha value is 0.310. The molecule has 2 aromatic rings. The first-order valence-corrected chi connectivity index (χ1v) is 8.40. The normalized spacial score (nSPS) is 13.0. The molecule has 0 bridgehead atoms. The first-order chi connectivity index (χ1) is 8.40. The molecule has 0 saturated carbocycles. The highest BCUT2D eigenvalue weighted by Crippen LogP contribution is 2.37. The number of thiophene rings is 1. The first-order valence-electron chi connectivity index (χ1n) is 5.21. The monoisotopic (exact) mass is 456 g/mol. The van der Waals surface area contributed by atoms with Gasteiger partial charge in [-0.15, -0.1) is 11.3 Å². The van der Waals surface area contributed by atoms with Gasteiger partial charge in [-0.25, -0.2) is 0 Å². The van der Waals surface area contributed by atoms with Crippen LogP contribution in [-0.2, 0) is 13.5 Å². The summed E-state index contributed by atoms with van der Waals surface area (Å²) >= 11 is 11.9. The Morgan fingerprint density at radius 2 is 2.11 bits per heavy atom. The van der Waals surface area contributed by atoms with E-state index in [1.807, 2.05) is 20.0 Å². The van der Waals surface area contributed by atoms with E-state index >= 15 is 0 Å². The van der Waals surface area contributed by atoms with Gasteiger partial charge in [-0.2, -0.15) is 5.10 Å². The van der Waals surface area contributed by atoms with Gasteiger partial charge in [0.05, 0.1) is 25.8 Å². The van der Waals surface area contributed by atoms with E-state index < -0.39 is 6.10 Å². The summed E-state index contributed by atoms with van der Waals surface area (Å²) in [7, 11) is 1.89. The van der Waals surface area contributed by atoms with E-state index in [0.717, 1.165) is 29.0 Å². The third kappa shape index (κ3) is 2.90. The van der Waals surface area contributed by atoms with Crippen LogP contribution >= 0.6 is 59.1 Å². The van der Waals surface area contributed by atoms with Gasteiger partial charge < -0.3 is 5.11 Å². The Morgan fingerprint density at radius 3 is 2.56 bits per heavy atom. The van der Waals surface area contributed by atoms with E-state index in [2.05, 4.69) is 52.9 Å². The fourth-order valence-electron chi connectivity index (χ4n) is 1.71. The Labute approximate surface area is 135 Å². The molecule has 2 aromatic heterocycles. The van der Waals surface area contributed by atoms with Crippen molar-refractivity contribution in [2.75, 3.05) is 0 Å². The van der Waals surface area contributed by atoms with Gasteiger partial charge in [-0.05, 0) is 60.8 Å². The molecule has 98 valence electrons. The third-order valence-electron chi connectivity index (χ3n) is 2.64. The highest BCUT2D eigenvalue weighted by molar-refractivity contribution is 9.13. The van der Waals surface area contributed by atoms with Crippen molar-refractivity contribution in [3.05, 3.63) is 35.1 Å². The summed E-state index contributed by atoms with van der Waals surface area (Å²) < 4.78 is 4.75. The van der Waals surface area contributed by atoms with Crippen LogP contribution in [0.25, 0.3) is 0 Å². The maximum Gasteiger partial charge on any atom is 0.0938 e. The lowest BCUT2D eigenvalue weighted by Gasteiger charge is -2.09. The maximum absolute atomic E-state index is 10.3. The second kappa shape index (κ2) is 5.75. The molecule has 0 aromatic carbocycles. The Balaban J connectivity index is 2.23. The zero-order chi connectivity index (χ0) is 13.4. The Morgan fingerprint density at radius 1 is 1.44 bits per heavy atom. The van der Waals surface area contributed by atoms with E-state index in [1.54, 1.807) is 4.68 Å². The highest BCUT2D eigenvalue weighted by atomic mass is 79.9. The zero-order valence-corrected chi connectivity index (χ0v) is 15.3. The topological polar surface area (TPSA) is 38.0 Å². The summed E-state index contributed by atoms with van der Waals surface area (Å²) in [5.74, 6) is 0. The van der Waals surface area contributed by atoms with Crippen molar-refractivity contribution < 1.29 is 5.11 Å². The van der Waals surface area contributed by atoms with Gasteiger partial charge in [0.1, 0.15) is 0 Å². The van der Waals surface area contributed by atoms with Gasteiger partial charge in [-0.1, -0.05) is 0 Å². The third-order valence-corrected chi connectivity index (χ3v) is 7.03. The fraction of sp³-hybridized carbons (Fsp3) is 0.364. The van der Waals surface area contributed by atoms with Crippen LogP contribution in [0, 0.1) is 6.92 Å². The van der Waals surface area contributed by atoms with Crippen LogP contribution in [0.15, 0.2) is 18.8 Å². The molecule has 0 fully saturated rings. The molecule has 1 N–H and O–H groups in total.